The molecule has 8 rings (SSSR count). The first kappa shape index (κ1) is 45.5. The van der Waals surface area contributed by atoms with Gasteiger partial charge in [0.15, 0.2) is 18.5 Å². The zero-order valence-corrected chi connectivity index (χ0v) is 38.1. The summed E-state index contributed by atoms with van der Waals surface area (Å²) in [6, 6.07) is 25.5. The second kappa shape index (κ2) is 19.6. The Morgan fingerprint density at radius 3 is 1.87 bits per heavy atom. The van der Waals surface area contributed by atoms with Gasteiger partial charge in [-0.2, -0.15) is 0 Å². The molecule has 1 saturated heterocycles. The average molecular weight is 863 g/mol. The van der Waals surface area contributed by atoms with E-state index in [0.717, 1.165) is 48.9 Å². The van der Waals surface area contributed by atoms with Crippen LogP contribution in [0.3, 0.4) is 0 Å². The van der Waals surface area contributed by atoms with Gasteiger partial charge in [-0.25, -0.2) is 14.4 Å². The Kier molecular flexibility index (Phi) is 14.2. The molecular formula is C54H70O9. The van der Waals surface area contributed by atoms with Crippen LogP contribution in [0.5, 0.6) is 0 Å². The molecule has 63 heavy (non-hydrogen) atoms. The van der Waals surface area contributed by atoms with Gasteiger partial charge in [0.2, 0.25) is 0 Å². The fourth-order valence-corrected chi connectivity index (χ4v) is 13.3. The van der Waals surface area contributed by atoms with E-state index in [2.05, 4.69) is 34.6 Å². The Bertz CT molecular complexity index is 1990. The molecule has 9 nitrogen and oxygen atoms in total. The van der Waals surface area contributed by atoms with Gasteiger partial charge in [-0.15, -0.1) is 0 Å². The lowest BCUT2D eigenvalue weighted by Gasteiger charge is -2.61. The molecule has 1 heterocycles. The first-order chi connectivity index (χ1) is 30.4. The highest BCUT2D eigenvalue weighted by molar-refractivity contribution is 5.91. The van der Waals surface area contributed by atoms with Crippen LogP contribution in [0.15, 0.2) is 91.0 Å². The van der Waals surface area contributed by atoms with E-state index in [1.165, 1.54) is 57.8 Å². The van der Waals surface area contributed by atoms with Crippen molar-refractivity contribution in [3.8, 4) is 0 Å². The van der Waals surface area contributed by atoms with E-state index < -0.39 is 48.6 Å². The molecule has 0 bridgehead atoms. The number of ether oxygens (including phenoxy) is 5. The van der Waals surface area contributed by atoms with E-state index in [9.17, 15) is 19.5 Å². The smallest absolute Gasteiger partial charge is 0.338 e. The maximum absolute atomic E-state index is 13.7. The molecule has 340 valence electrons. The van der Waals surface area contributed by atoms with Gasteiger partial charge < -0.3 is 28.8 Å². The van der Waals surface area contributed by atoms with Crippen LogP contribution in [0.25, 0.3) is 0 Å². The molecule has 14 atom stereocenters. The predicted molar refractivity (Wildman–Crippen MR) is 241 cm³/mol. The Hall–Kier alpha value is -4.05. The predicted octanol–water partition coefficient (Wildman–Crippen LogP) is 10.9. The highest BCUT2D eigenvalue weighted by atomic mass is 16.7. The SMILES string of the molecule is CC(C)CCC[C@@H](C)[C@H]1CC[C@H]2[C@@H]3CC[C@H]4C[C@@H](O[C@@H]5O[C@H](COC(=O)c6ccccc6)[C@@H](OC(=O)c6ccccc6)[C@H](OC(=O)c6ccccc6)[C@H]5O)CC[C@]4(C)[C@H]3CC[C@]12C. The topological polar surface area (TPSA) is 118 Å². The Morgan fingerprint density at radius 1 is 0.683 bits per heavy atom. The highest BCUT2D eigenvalue weighted by Gasteiger charge is 2.61. The van der Waals surface area contributed by atoms with Crippen LogP contribution in [-0.4, -0.2) is 66.4 Å². The van der Waals surface area contributed by atoms with E-state index >= 15 is 0 Å². The number of fused-ring (bicyclic) bond motifs is 5. The Labute approximate surface area is 375 Å². The maximum Gasteiger partial charge on any atom is 0.338 e. The van der Waals surface area contributed by atoms with Crippen LogP contribution in [-0.2, 0) is 23.7 Å². The second-order valence-electron chi connectivity index (χ2n) is 20.7. The molecule has 0 amide bonds. The van der Waals surface area contributed by atoms with E-state index in [4.69, 9.17) is 23.7 Å². The second-order valence-corrected chi connectivity index (χ2v) is 20.7. The first-order valence-corrected chi connectivity index (χ1v) is 24.1. The van der Waals surface area contributed by atoms with Gasteiger partial charge in [0, 0.05) is 0 Å². The van der Waals surface area contributed by atoms with Crippen LogP contribution in [0.1, 0.15) is 143 Å². The Morgan fingerprint density at radius 2 is 1.25 bits per heavy atom. The lowest BCUT2D eigenvalue weighted by molar-refractivity contribution is -0.314. The normalized spacial score (nSPS) is 35.4. The minimum absolute atomic E-state index is 0.211. The molecule has 0 unspecified atom stereocenters. The minimum atomic E-state index is -1.52. The number of carbonyl (C=O) groups excluding carboxylic acids is 3. The van der Waals surface area contributed by atoms with Crippen LogP contribution in [0.2, 0.25) is 0 Å². The van der Waals surface area contributed by atoms with Gasteiger partial charge in [-0.05, 0) is 146 Å². The third-order valence-corrected chi connectivity index (χ3v) is 16.7. The van der Waals surface area contributed by atoms with Gasteiger partial charge in [0.1, 0.15) is 18.8 Å². The monoisotopic (exact) mass is 863 g/mol. The van der Waals surface area contributed by atoms with Crippen molar-refractivity contribution in [1.82, 2.24) is 0 Å². The molecule has 1 aliphatic heterocycles. The summed E-state index contributed by atoms with van der Waals surface area (Å²) in [6.45, 7) is 12.1. The van der Waals surface area contributed by atoms with Crippen LogP contribution in [0, 0.1) is 52.3 Å². The highest BCUT2D eigenvalue weighted by Crippen LogP contribution is 2.68. The van der Waals surface area contributed by atoms with Crippen molar-refractivity contribution in [1.29, 1.82) is 0 Å². The molecule has 5 fully saturated rings. The van der Waals surface area contributed by atoms with Gasteiger partial charge in [-0.1, -0.05) is 108 Å². The van der Waals surface area contributed by atoms with Crippen molar-refractivity contribution in [3.05, 3.63) is 108 Å². The number of rotatable bonds is 14. The van der Waals surface area contributed by atoms with Crippen molar-refractivity contribution in [2.24, 2.45) is 52.3 Å². The quantitative estimate of drug-likeness (QED) is 0.0960. The maximum atomic E-state index is 13.7. The van der Waals surface area contributed by atoms with Crippen LogP contribution in [0.4, 0.5) is 0 Å². The molecule has 0 spiro atoms. The van der Waals surface area contributed by atoms with Gasteiger partial charge in [-0.3, -0.25) is 0 Å². The Balaban J connectivity index is 0.989. The average Bonchev–Trinajstić information content (AvgIpc) is 3.66. The molecule has 0 radical (unpaired) electrons. The van der Waals surface area contributed by atoms with Gasteiger partial charge in [0.25, 0.3) is 0 Å². The van der Waals surface area contributed by atoms with E-state index in [-0.39, 0.29) is 29.3 Å². The number of esters is 3. The summed E-state index contributed by atoms with van der Waals surface area (Å²) in [6.07, 6.45) is 7.68. The number of carbonyl (C=O) groups is 3. The lowest BCUT2D eigenvalue weighted by Crippen LogP contribution is -2.62. The van der Waals surface area contributed by atoms with Crippen LogP contribution >= 0.6 is 0 Å². The third kappa shape index (κ3) is 9.67. The lowest BCUT2D eigenvalue weighted by atomic mass is 9.44. The number of hydrogen-bond donors (Lipinski definition) is 1. The molecular weight excluding hydrogens is 793 g/mol. The molecule has 3 aromatic carbocycles. The molecule has 3 aromatic rings. The molecule has 4 saturated carbocycles. The fraction of sp³-hybridized carbons (Fsp3) is 0.611. The standard InChI is InChI=1S/C54H70O9/c1-34(2)16-15-17-35(3)42-26-27-43-41-25-24-39-32-40(28-30-53(39,4)44(41)29-31-54(42,43)5)60-52-46(55)48(63-51(58)38-22-13-8-14-23-38)47(62-50(57)37-20-11-7-12-21-37)45(61-52)33-59-49(56)36-18-9-6-10-19-36/h6-14,18-23,34-35,39-48,52,55H,15-17,24-33H2,1-5H3/t35-,39+,40+,41+,42-,43+,44+,45-,46-,47-,48-,52-,53+,54-/m1/s1. The zero-order valence-electron chi connectivity index (χ0n) is 38.1. The summed E-state index contributed by atoms with van der Waals surface area (Å²) < 4.78 is 31.2. The van der Waals surface area contributed by atoms with Crippen molar-refractivity contribution in [2.45, 2.75) is 148 Å². The number of hydrogen-bond acceptors (Lipinski definition) is 9. The van der Waals surface area contributed by atoms with E-state index in [1.54, 1.807) is 91.0 Å². The summed E-state index contributed by atoms with van der Waals surface area (Å²) in [4.78, 5) is 40.6. The van der Waals surface area contributed by atoms with Gasteiger partial charge in [0.05, 0.1) is 22.8 Å². The summed E-state index contributed by atoms with van der Waals surface area (Å²) in [5, 5.41) is 12.1. The molecule has 9 heteroatoms. The fourth-order valence-electron chi connectivity index (χ4n) is 13.3. The third-order valence-electron chi connectivity index (χ3n) is 16.7. The van der Waals surface area contributed by atoms with Crippen molar-refractivity contribution in [3.63, 3.8) is 0 Å². The summed E-state index contributed by atoms with van der Waals surface area (Å²) in [7, 11) is 0. The largest absolute Gasteiger partial charge is 0.459 e. The van der Waals surface area contributed by atoms with Crippen molar-refractivity contribution in [2.75, 3.05) is 6.61 Å². The van der Waals surface area contributed by atoms with Crippen molar-refractivity contribution < 1.29 is 43.2 Å². The van der Waals surface area contributed by atoms with Gasteiger partial charge >= 0.3 is 17.9 Å². The number of aliphatic hydroxyl groups is 1. The van der Waals surface area contributed by atoms with E-state index in [1.807, 2.05) is 0 Å². The number of benzene rings is 3. The first-order valence-electron chi connectivity index (χ1n) is 24.1. The van der Waals surface area contributed by atoms with Crippen molar-refractivity contribution >= 4 is 17.9 Å². The molecule has 1 N–H and O–H groups in total. The number of aliphatic hydroxyl groups excluding tert-OH is 1. The summed E-state index contributed by atoms with van der Waals surface area (Å²) in [5.74, 6) is 3.14. The minimum Gasteiger partial charge on any atom is -0.459 e. The molecule has 5 aliphatic rings. The zero-order chi connectivity index (χ0) is 44.3. The molecule has 0 aromatic heterocycles. The summed E-state index contributed by atoms with van der Waals surface area (Å²) in [5.41, 5.74) is 1.53. The van der Waals surface area contributed by atoms with Crippen LogP contribution < -0.4 is 0 Å². The summed E-state index contributed by atoms with van der Waals surface area (Å²) >= 11 is 0. The van der Waals surface area contributed by atoms with E-state index in [0.29, 0.717) is 22.8 Å². The molecule has 4 aliphatic carbocycles.